The van der Waals surface area contributed by atoms with Crippen LogP contribution in [0, 0.1) is 11.3 Å². The van der Waals surface area contributed by atoms with Gasteiger partial charge in [0.15, 0.2) is 0 Å². The van der Waals surface area contributed by atoms with E-state index in [2.05, 4.69) is 0 Å². The van der Waals surface area contributed by atoms with Gasteiger partial charge in [-0.05, 0) is 12.1 Å². The molecule has 1 aromatic rings. The van der Waals surface area contributed by atoms with Crippen LogP contribution in [-0.2, 0) is 9.53 Å². The number of carbonyl (C=O) groups is 1. The molecule has 0 aliphatic heterocycles. The molecule has 0 spiro atoms. The minimum Gasteiger partial charge on any atom is -0.370 e. The van der Waals surface area contributed by atoms with Crippen molar-refractivity contribution in [3.63, 3.8) is 0 Å². The molecular weight excluding hydrogens is 230 g/mol. The molecule has 0 fully saturated rings. The van der Waals surface area contributed by atoms with E-state index in [0.717, 1.165) is 5.69 Å². The maximum absolute atomic E-state index is 12.2. The molecule has 5 heteroatoms. The standard InChI is InChI=1S/C13H17N3O2/c1-18-12(10-15)13(17)16(9-5-8-14)11-6-3-2-4-7-11/h2-4,6-7,12H,5,9-10,15H2,1H3. The number of ether oxygens (including phenoxy) is 1. The SMILES string of the molecule is COC(CN)C(=O)N(CCC#N)c1ccccc1. The van der Waals surface area contributed by atoms with Gasteiger partial charge in [-0.2, -0.15) is 5.26 Å². The quantitative estimate of drug-likeness (QED) is 0.810. The Balaban J connectivity index is 2.92. The molecule has 0 heterocycles. The molecule has 0 saturated carbocycles. The second kappa shape index (κ2) is 7.43. The van der Waals surface area contributed by atoms with Gasteiger partial charge >= 0.3 is 0 Å². The van der Waals surface area contributed by atoms with Crippen LogP contribution in [0.15, 0.2) is 30.3 Å². The Morgan fingerprint density at radius 3 is 2.67 bits per heavy atom. The zero-order chi connectivity index (χ0) is 13.4. The molecule has 96 valence electrons. The van der Waals surface area contributed by atoms with Gasteiger partial charge in [-0.1, -0.05) is 18.2 Å². The molecule has 1 atom stereocenters. The van der Waals surface area contributed by atoms with Crippen LogP contribution in [0.25, 0.3) is 0 Å². The first-order valence-electron chi connectivity index (χ1n) is 5.70. The normalized spacial score (nSPS) is 11.6. The lowest BCUT2D eigenvalue weighted by Crippen LogP contribution is -2.44. The van der Waals surface area contributed by atoms with Crippen molar-refractivity contribution in [1.29, 1.82) is 5.26 Å². The highest BCUT2D eigenvalue weighted by Gasteiger charge is 2.23. The van der Waals surface area contributed by atoms with Gasteiger partial charge < -0.3 is 15.4 Å². The van der Waals surface area contributed by atoms with Gasteiger partial charge in [0.05, 0.1) is 12.5 Å². The minimum absolute atomic E-state index is 0.116. The zero-order valence-electron chi connectivity index (χ0n) is 10.4. The summed E-state index contributed by atoms with van der Waals surface area (Å²) in [5, 5.41) is 8.65. The van der Waals surface area contributed by atoms with Gasteiger partial charge in [0.25, 0.3) is 5.91 Å². The van der Waals surface area contributed by atoms with Crippen molar-refractivity contribution < 1.29 is 9.53 Å². The van der Waals surface area contributed by atoms with Crippen LogP contribution in [0.4, 0.5) is 5.69 Å². The van der Waals surface area contributed by atoms with Gasteiger partial charge in [0, 0.05) is 25.9 Å². The predicted molar refractivity (Wildman–Crippen MR) is 68.9 cm³/mol. The molecule has 0 aliphatic carbocycles. The van der Waals surface area contributed by atoms with Crippen molar-refractivity contribution in [2.45, 2.75) is 12.5 Å². The number of nitrogens with zero attached hydrogens (tertiary/aromatic N) is 2. The van der Waals surface area contributed by atoms with E-state index in [-0.39, 0.29) is 18.9 Å². The summed E-state index contributed by atoms with van der Waals surface area (Å²) in [4.78, 5) is 13.8. The largest absolute Gasteiger partial charge is 0.370 e. The molecule has 1 amide bonds. The smallest absolute Gasteiger partial charge is 0.257 e. The van der Waals surface area contributed by atoms with Gasteiger partial charge in [-0.3, -0.25) is 4.79 Å². The molecule has 18 heavy (non-hydrogen) atoms. The average Bonchev–Trinajstić information content (AvgIpc) is 2.42. The van der Waals surface area contributed by atoms with E-state index < -0.39 is 6.10 Å². The molecule has 0 radical (unpaired) electrons. The number of anilines is 1. The van der Waals surface area contributed by atoms with Crippen LogP contribution in [0.3, 0.4) is 0 Å². The topological polar surface area (TPSA) is 79.3 Å². The molecule has 0 aromatic heterocycles. The summed E-state index contributed by atoms with van der Waals surface area (Å²) in [5.74, 6) is -0.221. The molecular formula is C13H17N3O2. The summed E-state index contributed by atoms with van der Waals surface area (Å²) >= 11 is 0. The highest BCUT2D eigenvalue weighted by molar-refractivity contribution is 5.96. The monoisotopic (exact) mass is 247 g/mol. The van der Waals surface area contributed by atoms with Gasteiger partial charge in [-0.15, -0.1) is 0 Å². The maximum atomic E-state index is 12.2. The number of benzene rings is 1. The van der Waals surface area contributed by atoms with E-state index in [0.29, 0.717) is 6.54 Å². The lowest BCUT2D eigenvalue weighted by Gasteiger charge is -2.25. The Morgan fingerprint density at radius 1 is 1.50 bits per heavy atom. The van der Waals surface area contributed by atoms with Crippen LogP contribution in [0.5, 0.6) is 0 Å². The third kappa shape index (κ3) is 3.55. The maximum Gasteiger partial charge on any atom is 0.257 e. The summed E-state index contributed by atoms with van der Waals surface area (Å²) in [5.41, 5.74) is 6.23. The van der Waals surface area contributed by atoms with Crippen molar-refractivity contribution in [2.75, 3.05) is 25.1 Å². The number of para-hydroxylation sites is 1. The van der Waals surface area contributed by atoms with E-state index in [1.807, 2.05) is 36.4 Å². The molecule has 0 bridgehead atoms. The fraction of sp³-hybridized carbons (Fsp3) is 0.385. The van der Waals surface area contributed by atoms with Crippen LogP contribution in [0.2, 0.25) is 0 Å². The Labute approximate surface area is 107 Å². The predicted octanol–water partition coefficient (Wildman–Crippen LogP) is 0.907. The summed E-state index contributed by atoms with van der Waals surface area (Å²) in [6, 6.07) is 11.2. The average molecular weight is 247 g/mol. The number of rotatable bonds is 6. The van der Waals surface area contributed by atoms with E-state index in [1.54, 1.807) is 0 Å². The number of nitrogens with two attached hydrogens (primary N) is 1. The number of carbonyl (C=O) groups excluding carboxylic acids is 1. The zero-order valence-corrected chi connectivity index (χ0v) is 10.4. The Morgan fingerprint density at radius 2 is 2.17 bits per heavy atom. The molecule has 0 saturated heterocycles. The first-order valence-corrected chi connectivity index (χ1v) is 5.70. The van der Waals surface area contributed by atoms with Gasteiger partial charge in [0.2, 0.25) is 0 Å². The number of amides is 1. The molecule has 1 aromatic carbocycles. The Hall–Kier alpha value is -1.90. The minimum atomic E-state index is -0.677. The number of hydrogen-bond donors (Lipinski definition) is 1. The highest BCUT2D eigenvalue weighted by atomic mass is 16.5. The summed E-state index contributed by atoms with van der Waals surface area (Å²) in [6.45, 7) is 0.449. The lowest BCUT2D eigenvalue weighted by molar-refractivity contribution is -0.127. The van der Waals surface area contributed by atoms with E-state index in [1.165, 1.54) is 12.0 Å². The van der Waals surface area contributed by atoms with Crippen molar-refractivity contribution >= 4 is 11.6 Å². The first-order chi connectivity index (χ1) is 8.74. The fourth-order valence-electron chi connectivity index (χ4n) is 1.61. The van der Waals surface area contributed by atoms with Crippen molar-refractivity contribution in [1.82, 2.24) is 0 Å². The Bertz CT molecular complexity index is 410. The van der Waals surface area contributed by atoms with Crippen LogP contribution < -0.4 is 10.6 Å². The van der Waals surface area contributed by atoms with Gasteiger partial charge in [-0.25, -0.2) is 0 Å². The van der Waals surface area contributed by atoms with Crippen molar-refractivity contribution in [3.8, 4) is 6.07 Å². The van der Waals surface area contributed by atoms with Crippen LogP contribution in [0.1, 0.15) is 6.42 Å². The van der Waals surface area contributed by atoms with Gasteiger partial charge in [0.1, 0.15) is 6.10 Å². The number of hydrogen-bond acceptors (Lipinski definition) is 4. The first kappa shape index (κ1) is 14.2. The molecule has 0 aliphatic rings. The van der Waals surface area contributed by atoms with E-state index in [4.69, 9.17) is 15.7 Å². The summed E-state index contributed by atoms with van der Waals surface area (Å²) in [6.07, 6.45) is -0.411. The van der Waals surface area contributed by atoms with E-state index in [9.17, 15) is 4.79 Å². The summed E-state index contributed by atoms with van der Waals surface area (Å²) < 4.78 is 5.04. The van der Waals surface area contributed by atoms with Crippen LogP contribution in [-0.4, -0.2) is 32.2 Å². The molecule has 5 nitrogen and oxygen atoms in total. The highest BCUT2D eigenvalue weighted by Crippen LogP contribution is 2.15. The third-order valence-corrected chi connectivity index (χ3v) is 2.56. The fourth-order valence-corrected chi connectivity index (χ4v) is 1.61. The number of nitriles is 1. The third-order valence-electron chi connectivity index (χ3n) is 2.56. The second-order valence-corrected chi connectivity index (χ2v) is 3.69. The summed E-state index contributed by atoms with van der Waals surface area (Å²) in [7, 11) is 1.45. The molecule has 1 rings (SSSR count). The lowest BCUT2D eigenvalue weighted by atomic mass is 10.2. The van der Waals surface area contributed by atoms with Crippen LogP contribution >= 0.6 is 0 Å². The van der Waals surface area contributed by atoms with Crippen molar-refractivity contribution in [3.05, 3.63) is 30.3 Å². The van der Waals surface area contributed by atoms with E-state index >= 15 is 0 Å². The second-order valence-electron chi connectivity index (χ2n) is 3.69. The Kier molecular flexibility index (Phi) is 5.85. The van der Waals surface area contributed by atoms with Crippen molar-refractivity contribution in [2.24, 2.45) is 5.73 Å². The molecule has 1 unspecified atom stereocenters. The number of methoxy groups -OCH3 is 1. The molecule has 2 N–H and O–H groups in total.